The molecule has 2 rings (SSSR count). The van der Waals surface area contributed by atoms with E-state index < -0.39 is 16.0 Å². The van der Waals surface area contributed by atoms with Crippen molar-refractivity contribution in [1.29, 1.82) is 0 Å². The number of methoxy groups -OCH3 is 1. The summed E-state index contributed by atoms with van der Waals surface area (Å²) in [6, 6.07) is 6.85. The Labute approximate surface area is 116 Å². The highest BCUT2D eigenvalue weighted by Crippen LogP contribution is 2.18. The van der Waals surface area contributed by atoms with Crippen molar-refractivity contribution in [2.45, 2.75) is 11.9 Å². The van der Waals surface area contributed by atoms with E-state index in [-0.39, 0.29) is 10.6 Å². The second-order valence-electron chi connectivity index (χ2n) is 4.08. The number of aryl methyl sites for hydroxylation is 1. The maximum Gasteiger partial charge on any atom is 0.342 e. The summed E-state index contributed by atoms with van der Waals surface area (Å²) in [6.45, 7) is 1.84. The number of nitrogens with zero attached hydrogens (tertiary/aromatic N) is 1. The minimum atomic E-state index is -3.94. The zero-order valence-electron chi connectivity index (χ0n) is 10.9. The molecule has 1 aromatic heterocycles. The van der Waals surface area contributed by atoms with E-state index in [0.717, 1.165) is 11.8 Å². The predicted octanol–water partition coefficient (Wildman–Crippen LogP) is 1.31. The van der Waals surface area contributed by atoms with Gasteiger partial charge in [-0.25, -0.2) is 4.79 Å². The third-order valence-electron chi connectivity index (χ3n) is 2.55. The molecule has 0 bridgehead atoms. The fourth-order valence-corrected chi connectivity index (χ4v) is 2.79. The second kappa shape index (κ2) is 5.33. The van der Waals surface area contributed by atoms with Gasteiger partial charge in [-0.05, 0) is 24.6 Å². The lowest BCUT2D eigenvalue weighted by Crippen LogP contribution is -2.17. The number of benzene rings is 1. The number of rotatable bonds is 4. The number of carbonyl (C=O) groups is 1. The molecule has 1 heterocycles. The molecule has 20 heavy (non-hydrogen) atoms. The van der Waals surface area contributed by atoms with Crippen molar-refractivity contribution in [3.05, 3.63) is 41.6 Å². The van der Waals surface area contributed by atoms with Gasteiger partial charge >= 0.3 is 5.97 Å². The highest BCUT2D eigenvalue weighted by molar-refractivity contribution is 7.92. The van der Waals surface area contributed by atoms with E-state index in [9.17, 15) is 13.2 Å². The van der Waals surface area contributed by atoms with E-state index in [2.05, 4.69) is 19.7 Å². The van der Waals surface area contributed by atoms with Crippen molar-refractivity contribution < 1.29 is 17.9 Å². The summed E-state index contributed by atoms with van der Waals surface area (Å²) in [5, 5.41) is 5.54. The molecule has 0 unspecified atom stereocenters. The lowest BCUT2D eigenvalue weighted by atomic mass is 10.2. The van der Waals surface area contributed by atoms with Crippen LogP contribution in [0.25, 0.3) is 0 Å². The van der Waals surface area contributed by atoms with E-state index in [1.807, 2.05) is 13.0 Å². The fourth-order valence-electron chi connectivity index (χ4n) is 1.65. The number of H-pyrrole nitrogens is 1. The van der Waals surface area contributed by atoms with Crippen LogP contribution in [0.2, 0.25) is 0 Å². The van der Waals surface area contributed by atoms with Crippen molar-refractivity contribution in [3.63, 3.8) is 0 Å². The van der Waals surface area contributed by atoms with E-state index in [1.54, 1.807) is 18.2 Å². The SMILES string of the molecule is COC(=O)c1cn[nH]c1S(=O)(=O)Nc1cccc(C)c1. The Morgan fingerprint density at radius 2 is 2.15 bits per heavy atom. The van der Waals surface area contributed by atoms with Crippen LogP contribution in [0.15, 0.2) is 35.5 Å². The lowest BCUT2D eigenvalue weighted by molar-refractivity contribution is 0.0596. The van der Waals surface area contributed by atoms with Gasteiger partial charge in [-0.15, -0.1) is 0 Å². The monoisotopic (exact) mass is 295 g/mol. The molecule has 0 saturated carbocycles. The summed E-state index contributed by atoms with van der Waals surface area (Å²) < 4.78 is 31.3. The van der Waals surface area contributed by atoms with Crippen LogP contribution in [-0.4, -0.2) is 31.7 Å². The van der Waals surface area contributed by atoms with Gasteiger partial charge in [0.1, 0.15) is 5.56 Å². The number of aromatic nitrogens is 2. The Bertz CT molecular complexity index is 737. The van der Waals surface area contributed by atoms with Gasteiger partial charge in [0.25, 0.3) is 10.0 Å². The summed E-state index contributed by atoms with van der Waals surface area (Å²) in [6.07, 6.45) is 1.11. The lowest BCUT2D eigenvalue weighted by Gasteiger charge is -2.08. The quantitative estimate of drug-likeness (QED) is 0.828. The van der Waals surface area contributed by atoms with Crippen LogP contribution in [0.1, 0.15) is 15.9 Å². The average molecular weight is 295 g/mol. The number of hydrogen-bond donors (Lipinski definition) is 2. The molecule has 2 N–H and O–H groups in total. The van der Waals surface area contributed by atoms with Crippen LogP contribution >= 0.6 is 0 Å². The molecule has 0 aliphatic rings. The standard InChI is InChI=1S/C12H13N3O4S/c1-8-4-3-5-9(6-8)15-20(17,18)11-10(7-13-14-11)12(16)19-2/h3-7,15H,1-2H3,(H,13,14). The number of esters is 1. The maximum absolute atomic E-state index is 12.2. The molecule has 0 radical (unpaired) electrons. The van der Waals surface area contributed by atoms with Crippen molar-refractivity contribution >= 4 is 21.7 Å². The van der Waals surface area contributed by atoms with Crippen LogP contribution in [-0.2, 0) is 14.8 Å². The summed E-state index contributed by atoms with van der Waals surface area (Å²) in [4.78, 5) is 11.5. The Morgan fingerprint density at radius 3 is 2.80 bits per heavy atom. The highest BCUT2D eigenvalue weighted by Gasteiger charge is 2.25. The van der Waals surface area contributed by atoms with E-state index >= 15 is 0 Å². The summed E-state index contributed by atoms with van der Waals surface area (Å²) in [7, 11) is -2.78. The van der Waals surface area contributed by atoms with Crippen molar-refractivity contribution in [1.82, 2.24) is 10.2 Å². The van der Waals surface area contributed by atoms with Gasteiger partial charge in [0.15, 0.2) is 5.03 Å². The molecule has 0 aliphatic carbocycles. The Hall–Kier alpha value is -2.35. The van der Waals surface area contributed by atoms with E-state index in [4.69, 9.17) is 0 Å². The Kier molecular flexibility index (Phi) is 3.75. The van der Waals surface area contributed by atoms with Crippen LogP contribution in [0.5, 0.6) is 0 Å². The second-order valence-corrected chi connectivity index (χ2v) is 5.70. The first kappa shape index (κ1) is 14.1. The average Bonchev–Trinajstić information content (AvgIpc) is 2.87. The molecule has 0 amide bonds. The van der Waals surface area contributed by atoms with Crippen molar-refractivity contribution in [3.8, 4) is 0 Å². The van der Waals surface area contributed by atoms with E-state index in [0.29, 0.717) is 5.69 Å². The molecule has 0 aliphatic heterocycles. The molecular formula is C12H13N3O4S. The smallest absolute Gasteiger partial charge is 0.342 e. The minimum absolute atomic E-state index is 0.146. The number of nitrogens with one attached hydrogen (secondary N) is 2. The largest absolute Gasteiger partial charge is 0.465 e. The Morgan fingerprint density at radius 1 is 1.40 bits per heavy atom. The van der Waals surface area contributed by atoms with Crippen molar-refractivity contribution in [2.24, 2.45) is 0 Å². The fraction of sp³-hybridized carbons (Fsp3) is 0.167. The van der Waals surface area contributed by atoms with Gasteiger partial charge in [-0.1, -0.05) is 12.1 Å². The molecule has 0 saturated heterocycles. The number of aromatic amines is 1. The Balaban J connectivity index is 2.36. The topological polar surface area (TPSA) is 101 Å². The van der Waals surface area contributed by atoms with Gasteiger partial charge in [0.05, 0.1) is 13.3 Å². The van der Waals surface area contributed by atoms with E-state index in [1.165, 1.54) is 7.11 Å². The first-order valence-corrected chi connectivity index (χ1v) is 7.13. The molecule has 0 spiro atoms. The first-order valence-electron chi connectivity index (χ1n) is 5.65. The van der Waals surface area contributed by atoms with Gasteiger partial charge in [0, 0.05) is 5.69 Å². The van der Waals surface area contributed by atoms with Gasteiger partial charge in [-0.3, -0.25) is 9.82 Å². The number of carbonyl (C=O) groups excluding carboxylic acids is 1. The normalized spacial score (nSPS) is 11.1. The minimum Gasteiger partial charge on any atom is -0.465 e. The van der Waals surface area contributed by atoms with Gasteiger partial charge in [0.2, 0.25) is 0 Å². The van der Waals surface area contributed by atoms with Crippen LogP contribution in [0, 0.1) is 6.92 Å². The summed E-state index contributed by atoms with van der Waals surface area (Å²) in [5.41, 5.74) is 1.16. The maximum atomic E-state index is 12.2. The number of ether oxygens (including phenoxy) is 1. The summed E-state index contributed by atoms with van der Waals surface area (Å²) in [5.74, 6) is -0.775. The van der Waals surface area contributed by atoms with Crippen molar-refractivity contribution in [2.75, 3.05) is 11.8 Å². The van der Waals surface area contributed by atoms with Crippen LogP contribution in [0.4, 0.5) is 5.69 Å². The zero-order chi connectivity index (χ0) is 14.8. The molecule has 1 aromatic carbocycles. The van der Waals surface area contributed by atoms with Gasteiger partial charge in [-0.2, -0.15) is 13.5 Å². The summed E-state index contributed by atoms with van der Waals surface area (Å²) >= 11 is 0. The third-order valence-corrected chi connectivity index (χ3v) is 3.90. The molecular weight excluding hydrogens is 282 g/mol. The molecule has 8 heteroatoms. The molecule has 106 valence electrons. The number of hydrogen-bond acceptors (Lipinski definition) is 5. The van der Waals surface area contributed by atoms with Crippen LogP contribution in [0.3, 0.4) is 0 Å². The van der Waals surface area contributed by atoms with Crippen LogP contribution < -0.4 is 4.72 Å². The first-order chi connectivity index (χ1) is 9.44. The highest BCUT2D eigenvalue weighted by atomic mass is 32.2. The molecule has 0 fully saturated rings. The van der Waals surface area contributed by atoms with Gasteiger partial charge < -0.3 is 4.74 Å². The number of sulfonamides is 1. The zero-order valence-corrected chi connectivity index (χ0v) is 11.7. The molecule has 0 atom stereocenters. The third kappa shape index (κ3) is 2.80. The molecule has 7 nitrogen and oxygen atoms in total. The predicted molar refractivity (Wildman–Crippen MR) is 71.9 cm³/mol. The number of anilines is 1. The molecule has 2 aromatic rings.